The fourth-order valence-corrected chi connectivity index (χ4v) is 10.8. The lowest BCUT2D eigenvalue weighted by Crippen LogP contribution is -2.62. The Bertz CT molecular complexity index is 3460. The monoisotopic (exact) mass is 920 g/mol. The van der Waals surface area contributed by atoms with E-state index in [1.807, 2.05) is 0 Å². The van der Waals surface area contributed by atoms with E-state index < -0.39 is 0 Å². The second-order valence-corrected chi connectivity index (χ2v) is 21.1. The molecule has 0 fully saturated rings. The summed E-state index contributed by atoms with van der Waals surface area (Å²) in [5.41, 5.74) is 20.3. The number of imidazole rings is 1. The van der Waals surface area contributed by atoms with Crippen LogP contribution in [0.25, 0.3) is 5.65 Å². The van der Waals surface area contributed by atoms with Gasteiger partial charge >= 0.3 is 0 Å². The first kappa shape index (κ1) is 44.0. The summed E-state index contributed by atoms with van der Waals surface area (Å²) in [5.74, 6) is 1.04. The predicted molar refractivity (Wildman–Crippen MR) is 301 cm³/mol. The SMILES string of the molecule is Cc1cc2c3c(c1)N(c1ccccc1)c1c(nc4cc(N(c5ccccc5)c5ccccc5)ccn14)B3c1ccc(N(c3ccc(C(C)(C)C)cc3)c3ccc(C(C)(C)C)cc3)cc1N2c1ccccc1. The minimum atomic E-state index is -0.173. The third-order valence-electron chi connectivity index (χ3n) is 14.3. The van der Waals surface area contributed by atoms with Gasteiger partial charge < -0.3 is 14.7 Å². The van der Waals surface area contributed by atoms with Crippen LogP contribution in [0.3, 0.4) is 0 Å². The number of aryl methyl sites for hydroxylation is 1. The largest absolute Gasteiger partial charge is 0.311 e. The van der Waals surface area contributed by atoms with Gasteiger partial charge in [0.15, 0.2) is 0 Å². The highest BCUT2D eigenvalue weighted by Crippen LogP contribution is 2.47. The second kappa shape index (κ2) is 17.0. The van der Waals surface area contributed by atoms with Crippen molar-refractivity contribution in [3.05, 3.63) is 235 Å². The van der Waals surface area contributed by atoms with E-state index >= 15 is 0 Å². The molecule has 346 valence electrons. The molecule has 0 saturated carbocycles. The molecule has 2 aliphatic rings. The van der Waals surface area contributed by atoms with Crippen molar-refractivity contribution in [2.24, 2.45) is 0 Å². The van der Waals surface area contributed by atoms with E-state index in [1.165, 1.54) is 27.6 Å². The average Bonchev–Trinajstić information content (AvgIpc) is 3.76. The van der Waals surface area contributed by atoms with Crippen molar-refractivity contribution >= 4 is 97.3 Å². The molecule has 0 radical (unpaired) electrons. The average molecular weight is 921 g/mol. The third-order valence-corrected chi connectivity index (χ3v) is 14.3. The lowest BCUT2D eigenvalue weighted by molar-refractivity contribution is 0.590. The van der Waals surface area contributed by atoms with Crippen LogP contribution in [0.2, 0.25) is 0 Å². The van der Waals surface area contributed by atoms with E-state index in [-0.39, 0.29) is 17.5 Å². The summed E-state index contributed by atoms with van der Waals surface area (Å²) in [6, 6.07) is 77.5. The Balaban J connectivity index is 1.10. The predicted octanol–water partition coefficient (Wildman–Crippen LogP) is 15.3. The smallest absolute Gasteiger partial charge is 0.277 e. The number of aromatic nitrogens is 2. The second-order valence-electron chi connectivity index (χ2n) is 21.1. The summed E-state index contributed by atoms with van der Waals surface area (Å²) in [5, 5.41) is 0. The number of rotatable bonds is 8. The van der Waals surface area contributed by atoms with E-state index in [4.69, 9.17) is 4.98 Å². The first-order valence-electron chi connectivity index (χ1n) is 24.8. The molecule has 0 atom stereocenters. The number of fused-ring (bicyclic) bond motifs is 6. The molecule has 4 heterocycles. The van der Waals surface area contributed by atoms with Gasteiger partial charge in [0.2, 0.25) is 0 Å². The number of hydrogen-bond donors (Lipinski definition) is 0. The third kappa shape index (κ3) is 7.64. The van der Waals surface area contributed by atoms with Gasteiger partial charge in [-0.2, -0.15) is 0 Å². The Morgan fingerprint density at radius 3 is 1.37 bits per heavy atom. The van der Waals surface area contributed by atoms with Crippen molar-refractivity contribution in [2.75, 3.05) is 19.6 Å². The van der Waals surface area contributed by atoms with Crippen LogP contribution in [0.1, 0.15) is 58.2 Å². The maximum Gasteiger partial charge on any atom is 0.277 e. The van der Waals surface area contributed by atoms with Crippen molar-refractivity contribution in [1.29, 1.82) is 0 Å². The molecule has 10 aromatic rings. The Kier molecular flexibility index (Phi) is 10.5. The van der Waals surface area contributed by atoms with E-state index in [0.717, 1.165) is 79.6 Å². The number of para-hydroxylation sites is 4. The zero-order chi connectivity index (χ0) is 48.6. The van der Waals surface area contributed by atoms with Crippen molar-refractivity contribution in [1.82, 2.24) is 9.38 Å². The Labute approximate surface area is 418 Å². The van der Waals surface area contributed by atoms with E-state index in [2.05, 4.69) is 291 Å². The quantitative estimate of drug-likeness (QED) is 0.142. The summed E-state index contributed by atoms with van der Waals surface area (Å²) >= 11 is 0. The van der Waals surface area contributed by atoms with Crippen LogP contribution in [0.5, 0.6) is 0 Å². The molecule has 12 rings (SSSR count). The molecule has 0 amide bonds. The first-order valence-corrected chi connectivity index (χ1v) is 24.8. The molecule has 0 unspecified atom stereocenters. The maximum absolute atomic E-state index is 5.78. The maximum atomic E-state index is 5.78. The molecule has 71 heavy (non-hydrogen) atoms. The molecular weight excluding hydrogens is 864 g/mol. The molecule has 0 N–H and O–H groups in total. The minimum absolute atomic E-state index is 0.0295. The van der Waals surface area contributed by atoms with E-state index in [1.54, 1.807) is 0 Å². The number of hydrogen-bond acceptors (Lipinski definition) is 5. The van der Waals surface area contributed by atoms with Crippen LogP contribution in [0, 0.1) is 6.92 Å². The molecule has 0 saturated heterocycles. The van der Waals surface area contributed by atoms with Crippen molar-refractivity contribution in [2.45, 2.75) is 59.3 Å². The Hall–Kier alpha value is -8.29. The van der Waals surface area contributed by atoms with Crippen LogP contribution >= 0.6 is 0 Å². The molecule has 0 aliphatic carbocycles. The van der Waals surface area contributed by atoms with Gasteiger partial charge in [0.25, 0.3) is 6.71 Å². The molecule has 7 heteroatoms. The van der Waals surface area contributed by atoms with Gasteiger partial charge in [-0.05, 0) is 148 Å². The fourth-order valence-electron chi connectivity index (χ4n) is 10.8. The first-order chi connectivity index (χ1) is 34.4. The highest BCUT2D eigenvalue weighted by atomic mass is 15.3. The van der Waals surface area contributed by atoms with Crippen LogP contribution in [-0.4, -0.2) is 16.1 Å². The van der Waals surface area contributed by atoms with Crippen molar-refractivity contribution in [3.63, 3.8) is 0 Å². The summed E-state index contributed by atoms with van der Waals surface area (Å²) in [6.07, 6.45) is 2.21. The van der Waals surface area contributed by atoms with Crippen LogP contribution in [0.4, 0.5) is 68.4 Å². The number of benzene rings is 8. The molecule has 6 nitrogen and oxygen atoms in total. The standard InChI is InChI=1S/C64H57BN6/c1-44-40-57-60-58(41-44)71(50-26-18-11-19-27-50)62-61(66-59-43-54(38-39-67(59)62)68(47-20-12-8-13-21-47)48-22-14-9-15-23-48)65(60)55-37-36-53(42-56(55)70(57)49-24-16-10-17-25-49)69(51-32-28-45(29-33-51)63(2,3)4)52-34-30-46(31-35-52)64(5,6)7/h8-43H,1-7H3. The van der Waals surface area contributed by atoms with Gasteiger partial charge in [-0.25, -0.2) is 4.98 Å². The van der Waals surface area contributed by atoms with Gasteiger partial charge in [0.05, 0.1) is 11.3 Å². The lowest BCUT2D eigenvalue weighted by atomic mass is 9.35. The zero-order valence-corrected chi connectivity index (χ0v) is 41.5. The fraction of sp³-hybridized carbons (Fsp3) is 0.141. The lowest BCUT2D eigenvalue weighted by Gasteiger charge is -2.43. The van der Waals surface area contributed by atoms with Gasteiger partial charge in [0, 0.05) is 69.1 Å². The Morgan fingerprint density at radius 1 is 0.423 bits per heavy atom. The number of pyridine rings is 1. The van der Waals surface area contributed by atoms with Gasteiger partial charge in [-0.1, -0.05) is 145 Å². The summed E-state index contributed by atoms with van der Waals surface area (Å²) in [6.45, 7) is 15.7. The van der Waals surface area contributed by atoms with Gasteiger partial charge in [-0.15, -0.1) is 0 Å². The molecular formula is C64H57BN6. The highest BCUT2D eigenvalue weighted by molar-refractivity contribution is 7.00. The highest BCUT2D eigenvalue weighted by Gasteiger charge is 2.46. The number of nitrogens with zero attached hydrogens (tertiary/aromatic N) is 6. The molecule has 8 aromatic carbocycles. The van der Waals surface area contributed by atoms with Crippen LogP contribution in [-0.2, 0) is 10.8 Å². The summed E-state index contributed by atoms with van der Waals surface area (Å²) in [7, 11) is 0. The van der Waals surface area contributed by atoms with Gasteiger partial charge in [0.1, 0.15) is 11.5 Å². The topological polar surface area (TPSA) is 30.3 Å². The van der Waals surface area contributed by atoms with E-state index in [0.29, 0.717) is 0 Å². The molecule has 2 aromatic heterocycles. The molecule has 2 aliphatic heterocycles. The minimum Gasteiger partial charge on any atom is -0.311 e. The van der Waals surface area contributed by atoms with Crippen molar-refractivity contribution in [3.8, 4) is 0 Å². The summed E-state index contributed by atoms with van der Waals surface area (Å²) in [4.78, 5) is 15.4. The van der Waals surface area contributed by atoms with Gasteiger partial charge in [-0.3, -0.25) is 9.30 Å². The molecule has 0 spiro atoms. The normalized spacial score (nSPS) is 12.9. The summed E-state index contributed by atoms with van der Waals surface area (Å²) < 4.78 is 2.30. The molecule has 0 bridgehead atoms. The van der Waals surface area contributed by atoms with Crippen LogP contribution < -0.4 is 36.1 Å². The Morgan fingerprint density at radius 2 is 0.859 bits per heavy atom. The van der Waals surface area contributed by atoms with Crippen LogP contribution in [0.15, 0.2) is 219 Å². The van der Waals surface area contributed by atoms with Crippen molar-refractivity contribution < 1.29 is 0 Å². The zero-order valence-electron chi connectivity index (χ0n) is 41.5. The van der Waals surface area contributed by atoms with E-state index in [9.17, 15) is 0 Å². The number of anilines is 12.